The normalized spacial score (nSPS) is 9.96. The lowest BCUT2D eigenvalue weighted by molar-refractivity contribution is -0.121. The Balaban J connectivity index is 1.82. The summed E-state index contributed by atoms with van der Waals surface area (Å²) in [6.45, 7) is 3.48. The minimum atomic E-state index is -0.633. The number of methoxy groups -OCH3 is 1. The van der Waals surface area contributed by atoms with Gasteiger partial charge in [0.15, 0.2) is 6.61 Å². The zero-order valence-corrected chi connectivity index (χ0v) is 14.8. The molecule has 0 heterocycles. The predicted octanol–water partition coefficient (Wildman–Crippen LogP) is 2.82. The Morgan fingerprint density at radius 1 is 1.00 bits per heavy atom. The largest absolute Gasteiger partial charge is 0.484 e. The summed E-state index contributed by atoms with van der Waals surface area (Å²) in [5, 5.41) is 4.81. The third-order valence-electron chi connectivity index (χ3n) is 3.53. The lowest BCUT2D eigenvalue weighted by Crippen LogP contribution is -2.37. The van der Waals surface area contributed by atoms with Crippen molar-refractivity contribution in [1.82, 2.24) is 5.32 Å². The van der Waals surface area contributed by atoms with Crippen molar-refractivity contribution in [3.05, 3.63) is 59.2 Å². The summed E-state index contributed by atoms with van der Waals surface area (Å²) < 4.78 is 9.88. The van der Waals surface area contributed by atoms with Crippen LogP contribution in [0.3, 0.4) is 0 Å². The number of amides is 3. The van der Waals surface area contributed by atoms with E-state index in [9.17, 15) is 14.4 Å². The van der Waals surface area contributed by atoms with Crippen molar-refractivity contribution in [2.24, 2.45) is 0 Å². The molecule has 0 saturated heterocycles. The van der Waals surface area contributed by atoms with Gasteiger partial charge in [-0.25, -0.2) is 9.59 Å². The van der Waals surface area contributed by atoms with Crippen LogP contribution in [0.2, 0.25) is 0 Å². The minimum Gasteiger partial charge on any atom is -0.484 e. The fourth-order valence-electron chi connectivity index (χ4n) is 2.22. The Bertz CT molecular complexity index is 815. The third-order valence-corrected chi connectivity index (χ3v) is 3.53. The van der Waals surface area contributed by atoms with Crippen LogP contribution >= 0.6 is 0 Å². The van der Waals surface area contributed by atoms with Crippen molar-refractivity contribution in [2.45, 2.75) is 13.8 Å². The van der Waals surface area contributed by atoms with Gasteiger partial charge in [-0.2, -0.15) is 0 Å². The van der Waals surface area contributed by atoms with Gasteiger partial charge in [0.25, 0.3) is 5.91 Å². The smallest absolute Gasteiger partial charge is 0.337 e. The molecular weight excluding hydrogens is 336 g/mol. The predicted molar refractivity (Wildman–Crippen MR) is 96.4 cm³/mol. The van der Waals surface area contributed by atoms with Gasteiger partial charge < -0.3 is 14.8 Å². The van der Waals surface area contributed by atoms with E-state index in [1.165, 1.54) is 31.4 Å². The van der Waals surface area contributed by atoms with E-state index in [0.717, 1.165) is 11.1 Å². The molecule has 26 heavy (non-hydrogen) atoms. The number of carbonyl (C=O) groups excluding carboxylic acids is 3. The summed E-state index contributed by atoms with van der Waals surface area (Å²) in [5.41, 5.74) is 2.98. The molecule has 0 aliphatic rings. The van der Waals surface area contributed by atoms with Crippen molar-refractivity contribution >= 4 is 23.6 Å². The third kappa shape index (κ3) is 5.34. The molecule has 0 saturated carbocycles. The average molecular weight is 356 g/mol. The number of nitrogens with one attached hydrogen (secondary N) is 2. The molecule has 136 valence electrons. The first-order valence-corrected chi connectivity index (χ1v) is 7.88. The quantitative estimate of drug-likeness (QED) is 0.804. The van der Waals surface area contributed by atoms with Crippen LogP contribution in [-0.4, -0.2) is 31.6 Å². The molecule has 0 aliphatic carbocycles. The molecule has 0 bridgehead atoms. The van der Waals surface area contributed by atoms with E-state index in [2.05, 4.69) is 15.4 Å². The van der Waals surface area contributed by atoms with Crippen molar-refractivity contribution in [3.63, 3.8) is 0 Å². The maximum Gasteiger partial charge on any atom is 0.337 e. The number of urea groups is 1. The van der Waals surface area contributed by atoms with Crippen LogP contribution in [0, 0.1) is 13.8 Å². The SMILES string of the molecule is COC(=O)c1ccc(OCC(=O)NC(=O)Nc2ccc(C)cc2C)cc1. The maximum atomic E-state index is 11.9. The van der Waals surface area contributed by atoms with Crippen LogP contribution in [0.4, 0.5) is 10.5 Å². The lowest BCUT2D eigenvalue weighted by atomic mass is 10.1. The minimum absolute atomic E-state index is 0.335. The van der Waals surface area contributed by atoms with Crippen molar-refractivity contribution in [1.29, 1.82) is 0 Å². The highest BCUT2D eigenvalue weighted by molar-refractivity contribution is 6.01. The number of benzene rings is 2. The number of aryl methyl sites for hydroxylation is 2. The van der Waals surface area contributed by atoms with Crippen LogP contribution in [-0.2, 0) is 9.53 Å². The first-order valence-electron chi connectivity index (χ1n) is 7.88. The molecule has 0 aromatic heterocycles. The highest BCUT2D eigenvalue weighted by Crippen LogP contribution is 2.16. The molecule has 0 radical (unpaired) electrons. The molecule has 2 aromatic rings. The summed E-state index contributed by atoms with van der Waals surface area (Å²) in [7, 11) is 1.29. The van der Waals surface area contributed by atoms with E-state index in [1.807, 2.05) is 26.0 Å². The lowest BCUT2D eigenvalue weighted by Gasteiger charge is -2.10. The van der Waals surface area contributed by atoms with Crippen LogP contribution in [0.5, 0.6) is 5.75 Å². The second kappa shape index (κ2) is 8.66. The summed E-state index contributed by atoms with van der Waals surface area (Å²) in [6, 6.07) is 11.0. The maximum absolute atomic E-state index is 11.9. The van der Waals surface area contributed by atoms with Gasteiger partial charge in [-0.05, 0) is 49.7 Å². The van der Waals surface area contributed by atoms with E-state index in [1.54, 1.807) is 6.07 Å². The first kappa shape index (κ1) is 19.0. The summed E-state index contributed by atoms with van der Waals surface area (Å²) in [6.07, 6.45) is 0. The molecule has 2 rings (SSSR count). The highest BCUT2D eigenvalue weighted by atomic mass is 16.5. The molecular formula is C19H20N2O5. The number of hydrogen-bond donors (Lipinski definition) is 2. The Labute approximate surface area is 151 Å². The van der Waals surface area contributed by atoms with Crippen molar-refractivity contribution in [2.75, 3.05) is 19.0 Å². The van der Waals surface area contributed by atoms with E-state index in [-0.39, 0.29) is 6.61 Å². The molecule has 0 atom stereocenters. The highest BCUT2D eigenvalue weighted by Gasteiger charge is 2.10. The molecule has 2 aromatic carbocycles. The number of hydrogen-bond acceptors (Lipinski definition) is 5. The van der Waals surface area contributed by atoms with Gasteiger partial charge >= 0.3 is 12.0 Å². The zero-order chi connectivity index (χ0) is 19.1. The van der Waals surface area contributed by atoms with E-state index in [0.29, 0.717) is 17.0 Å². The molecule has 2 N–H and O–H groups in total. The molecule has 0 fully saturated rings. The van der Waals surface area contributed by atoms with E-state index < -0.39 is 17.9 Å². The van der Waals surface area contributed by atoms with Gasteiger partial charge in [0.1, 0.15) is 5.75 Å². The first-order chi connectivity index (χ1) is 12.4. The van der Waals surface area contributed by atoms with E-state index in [4.69, 9.17) is 4.74 Å². The van der Waals surface area contributed by atoms with E-state index >= 15 is 0 Å². The Kier molecular flexibility index (Phi) is 6.32. The summed E-state index contributed by atoms with van der Waals surface area (Å²) in [4.78, 5) is 35.0. The second-order valence-corrected chi connectivity index (χ2v) is 5.63. The number of anilines is 1. The Hall–Kier alpha value is -3.35. The Morgan fingerprint density at radius 2 is 1.69 bits per heavy atom. The molecule has 3 amide bonds. The van der Waals surface area contributed by atoms with Gasteiger partial charge in [0.2, 0.25) is 0 Å². The van der Waals surface area contributed by atoms with Crippen LogP contribution < -0.4 is 15.4 Å². The second-order valence-electron chi connectivity index (χ2n) is 5.63. The van der Waals surface area contributed by atoms with Gasteiger partial charge in [0, 0.05) is 5.69 Å². The molecule has 7 heteroatoms. The van der Waals surface area contributed by atoms with Gasteiger partial charge in [-0.1, -0.05) is 17.7 Å². The number of carbonyl (C=O) groups is 3. The van der Waals surface area contributed by atoms with Gasteiger partial charge in [-0.3, -0.25) is 10.1 Å². The monoisotopic (exact) mass is 356 g/mol. The standard InChI is InChI=1S/C19H20N2O5/c1-12-4-9-16(13(2)10-12)20-19(24)21-17(22)11-26-15-7-5-14(6-8-15)18(23)25-3/h4-10H,11H2,1-3H3,(H2,20,21,22,24). The van der Waals surface area contributed by atoms with Crippen molar-refractivity contribution in [3.8, 4) is 5.75 Å². The van der Waals surface area contributed by atoms with Crippen molar-refractivity contribution < 1.29 is 23.9 Å². The number of esters is 1. The molecule has 0 aliphatic heterocycles. The fraction of sp³-hybridized carbons (Fsp3) is 0.211. The Morgan fingerprint density at radius 3 is 2.31 bits per heavy atom. The zero-order valence-electron chi connectivity index (χ0n) is 14.8. The van der Waals surface area contributed by atoms with Gasteiger partial charge in [0.05, 0.1) is 12.7 Å². The number of imide groups is 1. The molecule has 0 spiro atoms. The summed E-state index contributed by atoms with van der Waals surface area (Å²) >= 11 is 0. The number of rotatable bonds is 5. The van der Waals surface area contributed by atoms with Gasteiger partial charge in [-0.15, -0.1) is 0 Å². The van der Waals surface area contributed by atoms with Crippen LogP contribution in [0.15, 0.2) is 42.5 Å². The fourth-order valence-corrected chi connectivity index (χ4v) is 2.22. The topological polar surface area (TPSA) is 93.7 Å². The van der Waals surface area contributed by atoms with Crippen LogP contribution in [0.1, 0.15) is 21.5 Å². The average Bonchev–Trinajstić information content (AvgIpc) is 2.62. The summed E-state index contributed by atoms with van der Waals surface area (Å²) in [5.74, 6) is -0.663. The van der Waals surface area contributed by atoms with Crippen LogP contribution in [0.25, 0.3) is 0 Å². The molecule has 0 unspecified atom stereocenters. The number of ether oxygens (including phenoxy) is 2. The molecule has 7 nitrogen and oxygen atoms in total.